The van der Waals surface area contributed by atoms with Crippen LogP contribution < -0.4 is 10.6 Å². The maximum Gasteiger partial charge on any atom is 0.260 e. The van der Waals surface area contributed by atoms with E-state index in [0.717, 1.165) is 28.9 Å². The van der Waals surface area contributed by atoms with E-state index >= 15 is 0 Å². The highest BCUT2D eigenvalue weighted by Gasteiger charge is 2.31. The zero-order valence-electron chi connectivity index (χ0n) is 12.0. The Labute approximate surface area is 124 Å². The molecule has 1 aliphatic rings. The molecule has 2 aromatic rings. The van der Waals surface area contributed by atoms with Gasteiger partial charge in [-0.05, 0) is 24.1 Å². The number of nitrogens with two attached hydrogens (primary N) is 1. The van der Waals surface area contributed by atoms with Crippen LogP contribution in [0.5, 0.6) is 0 Å². The summed E-state index contributed by atoms with van der Waals surface area (Å²) in [7, 11) is 1.56. The van der Waals surface area contributed by atoms with Crippen molar-refractivity contribution >= 4 is 17.3 Å². The number of hydrogen-bond acceptors (Lipinski definition) is 3. The van der Waals surface area contributed by atoms with Crippen molar-refractivity contribution in [1.29, 1.82) is 0 Å². The molecule has 0 saturated carbocycles. The van der Waals surface area contributed by atoms with E-state index < -0.39 is 6.10 Å². The lowest BCUT2D eigenvalue weighted by atomic mass is 10.1. The Morgan fingerprint density at radius 1 is 1.19 bits per heavy atom. The highest BCUT2D eigenvalue weighted by molar-refractivity contribution is 5.99. The zero-order valence-corrected chi connectivity index (χ0v) is 12.0. The average Bonchev–Trinajstić information content (AvgIpc) is 2.94. The molecule has 0 radical (unpaired) electrons. The summed E-state index contributed by atoms with van der Waals surface area (Å²) in [5, 5.41) is 0. The number of methoxy groups -OCH3 is 1. The van der Waals surface area contributed by atoms with Crippen molar-refractivity contribution in [2.75, 3.05) is 24.3 Å². The van der Waals surface area contributed by atoms with Gasteiger partial charge in [-0.1, -0.05) is 36.4 Å². The van der Waals surface area contributed by atoms with Crippen molar-refractivity contribution in [2.45, 2.75) is 12.5 Å². The smallest absolute Gasteiger partial charge is 0.260 e. The fourth-order valence-corrected chi connectivity index (χ4v) is 2.84. The van der Waals surface area contributed by atoms with Gasteiger partial charge in [0.1, 0.15) is 0 Å². The molecule has 4 nitrogen and oxygen atoms in total. The molecule has 0 aromatic heterocycles. The highest BCUT2D eigenvalue weighted by Crippen LogP contribution is 2.34. The minimum atomic E-state index is -0.585. The molecular formula is C17H18N2O2. The molecule has 1 atom stereocenters. The number of carbonyl (C=O) groups excluding carboxylic acids is 1. The third-order valence-electron chi connectivity index (χ3n) is 3.89. The lowest BCUT2D eigenvalue weighted by molar-refractivity contribution is -0.128. The second-order valence-electron chi connectivity index (χ2n) is 5.11. The molecule has 1 heterocycles. The molecule has 21 heavy (non-hydrogen) atoms. The summed E-state index contributed by atoms with van der Waals surface area (Å²) >= 11 is 0. The number of hydrogen-bond donors (Lipinski definition) is 1. The van der Waals surface area contributed by atoms with Gasteiger partial charge in [0.05, 0.1) is 0 Å². The Balaban J connectivity index is 1.92. The normalized spacial score (nSPS) is 14.8. The number of carbonyl (C=O) groups is 1. The number of benzene rings is 2. The van der Waals surface area contributed by atoms with Crippen LogP contribution in [0, 0.1) is 0 Å². The van der Waals surface area contributed by atoms with Gasteiger partial charge in [-0.3, -0.25) is 4.79 Å². The van der Waals surface area contributed by atoms with Gasteiger partial charge in [-0.25, -0.2) is 0 Å². The number of ether oxygens (including phenoxy) is 1. The van der Waals surface area contributed by atoms with E-state index in [1.54, 1.807) is 12.0 Å². The molecule has 3 rings (SSSR count). The lowest BCUT2D eigenvalue weighted by Crippen LogP contribution is -2.34. The van der Waals surface area contributed by atoms with Crippen LogP contribution in [-0.2, 0) is 16.0 Å². The van der Waals surface area contributed by atoms with Crippen molar-refractivity contribution in [3.8, 4) is 0 Å². The number of nitrogen functional groups attached to an aromatic ring is 1. The first-order valence-electron chi connectivity index (χ1n) is 6.99. The monoisotopic (exact) mass is 282 g/mol. The van der Waals surface area contributed by atoms with Gasteiger partial charge in [-0.15, -0.1) is 0 Å². The van der Waals surface area contributed by atoms with Gasteiger partial charge in [-0.2, -0.15) is 0 Å². The lowest BCUT2D eigenvalue weighted by Gasteiger charge is -2.23. The Kier molecular flexibility index (Phi) is 3.62. The van der Waals surface area contributed by atoms with Crippen LogP contribution >= 0.6 is 0 Å². The minimum Gasteiger partial charge on any atom is -0.398 e. The van der Waals surface area contributed by atoms with Crippen LogP contribution in [0.4, 0.5) is 11.4 Å². The van der Waals surface area contributed by atoms with Crippen molar-refractivity contribution in [1.82, 2.24) is 0 Å². The second kappa shape index (κ2) is 5.58. The first-order chi connectivity index (χ1) is 10.2. The maximum absolute atomic E-state index is 12.8. The van der Waals surface area contributed by atoms with Crippen molar-refractivity contribution < 1.29 is 9.53 Å². The third kappa shape index (κ3) is 2.38. The van der Waals surface area contributed by atoms with Crippen LogP contribution in [0.3, 0.4) is 0 Å². The molecular weight excluding hydrogens is 264 g/mol. The number of fused-ring (bicyclic) bond motifs is 1. The summed E-state index contributed by atoms with van der Waals surface area (Å²) in [5.74, 6) is -0.0481. The van der Waals surface area contributed by atoms with Gasteiger partial charge >= 0.3 is 0 Å². The van der Waals surface area contributed by atoms with Gasteiger partial charge < -0.3 is 15.4 Å². The molecule has 0 aliphatic carbocycles. The number of nitrogens with zero attached hydrogens (tertiary/aromatic N) is 1. The standard InChI is InChI=1S/C17H18N2O2/c1-21-16(12-6-3-2-4-7-12)17(20)19-11-10-13-14(18)8-5-9-15(13)19/h2-9,16H,10-11,18H2,1H3. The van der Waals surface area contributed by atoms with Crippen molar-refractivity contribution in [3.05, 3.63) is 59.7 Å². The van der Waals surface area contributed by atoms with E-state index in [-0.39, 0.29) is 5.91 Å². The molecule has 1 aliphatic heterocycles. The molecule has 4 heteroatoms. The molecule has 2 N–H and O–H groups in total. The summed E-state index contributed by atoms with van der Waals surface area (Å²) in [6.45, 7) is 0.648. The molecule has 0 spiro atoms. The van der Waals surface area contributed by atoms with Crippen LogP contribution in [0.2, 0.25) is 0 Å². The molecule has 0 bridgehead atoms. The van der Waals surface area contributed by atoms with E-state index in [1.807, 2.05) is 48.5 Å². The van der Waals surface area contributed by atoms with Crippen LogP contribution in [-0.4, -0.2) is 19.6 Å². The predicted octanol–water partition coefficient (Wildman–Crippen LogP) is 2.55. The van der Waals surface area contributed by atoms with E-state index in [2.05, 4.69) is 0 Å². The summed E-state index contributed by atoms with van der Waals surface area (Å²) < 4.78 is 5.43. The summed E-state index contributed by atoms with van der Waals surface area (Å²) in [5.41, 5.74) is 9.55. The predicted molar refractivity (Wildman–Crippen MR) is 83.1 cm³/mol. The third-order valence-corrected chi connectivity index (χ3v) is 3.89. The van der Waals surface area contributed by atoms with Crippen LogP contribution in [0.25, 0.3) is 0 Å². The number of rotatable bonds is 3. The van der Waals surface area contributed by atoms with Crippen molar-refractivity contribution in [2.24, 2.45) is 0 Å². The fraction of sp³-hybridized carbons (Fsp3) is 0.235. The Morgan fingerprint density at radius 3 is 2.67 bits per heavy atom. The maximum atomic E-state index is 12.8. The van der Waals surface area contributed by atoms with E-state index in [9.17, 15) is 4.79 Å². The second-order valence-corrected chi connectivity index (χ2v) is 5.11. The first-order valence-corrected chi connectivity index (χ1v) is 6.99. The SMILES string of the molecule is COC(C(=O)N1CCc2c(N)cccc21)c1ccccc1. The zero-order chi connectivity index (χ0) is 14.8. The molecule has 1 amide bonds. The summed E-state index contributed by atoms with van der Waals surface area (Å²) in [6.07, 6.45) is 0.206. The van der Waals surface area contributed by atoms with Crippen molar-refractivity contribution in [3.63, 3.8) is 0 Å². The van der Waals surface area contributed by atoms with Gasteiger partial charge in [0.15, 0.2) is 6.10 Å². The fourth-order valence-electron chi connectivity index (χ4n) is 2.84. The largest absolute Gasteiger partial charge is 0.398 e. The topological polar surface area (TPSA) is 55.6 Å². The first kappa shape index (κ1) is 13.6. The molecule has 1 unspecified atom stereocenters. The van der Waals surface area contributed by atoms with Crippen LogP contribution in [0.15, 0.2) is 48.5 Å². The van der Waals surface area contributed by atoms with E-state index in [0.29, 0.717) is 6.54 Å². The minimum absolute atomic E-state index is 0.0481. The van der Waals surface area contributed by atoms with E-state index in [1.165, 1.54) is 0 Å². The van der Waals surface area contributed by atoms with Crippen LogP contribution in [0.1, 0.15) is 17.2 Å². The Hall–Kier alpha value is -2.33. The number of amides is 1. The molecule has 108 valence electrons. The molecule has 0 saturated heterocycles. The highest BCUT2D eigenvalue weighted by atomic mass is 16.5. The Bertz CT molecular complexity index is 655. The average molecular weight is 282 g/mol. The molecule has 2 aromatic carbocycles. The summed E-state index contributed by atoms with van der Waals surface area (Å²) in [6, 6.07) is 15.2. The van der Waals surface area contributed by atoms with Gasteiger partial charge in [0, 0.05) is 30.6 Å². The summed E-state index contributed by atoms with van der Waals surface area (Å²) in [4.78, 5) is 14.6. The quantitative estimate of drug-likeness (QED) is 0.880. The number of anilines is 2. The molecule has 0 fully saturated rings. The van der Waals surface area contributed by atoms with Gasteiger partial charge in [0.2, 0.25) is 0 Å². The van der Waals surface area contributed by atoms with Gasteiger partial charge in [0.25, 0.3) is 5.91 Å². The van der Waals surface area contributed by atoms with E-state index in [4.69, 9.17) is 10.5 Å². The Morgan fingerprint density at radius 2 is 1.95 bits per heavy atom.